The molecule has 0 saturated heterocycles. The highest BCUT2D eigenvalue weighted by Gasteiger charge is 2.29. The minimum absolute atomic E-state index is 0.400. The maximum Gasteiger partial charge on any atom is 0.432 e. The quantitative estimate of drug-likeness (QED) is 0.187. The molecule has 0 saturated carbocycles. The molecule has 2 unspecified atom stereocenters. The second-order valence-electron chi connectivity index (χ2n) is 4.64. The third kappa shape index (κ3) is 5.66. The van der Waals surface area contributed by atoms with Crippen LogP contribution >= 0.6 is 0 Å². The summed E-state index contributed by atoms with van der Waals surface area (Å²) in [5.41, 5.74) is 0. The van der Waals surface area contributed by atoms with E-state index in [1.54, 1.807) is 27.7 Å². The summed E-state index contributed by atoms with van der Waals surface area (Å²) in [7, 11) is 0. The number of carbonyl (C=O) groups is 4. The van der Waals surface area contributed by atoms with Crippen LogP contribution in [0.15, 0.2) is 0 Å². The van der Waals surface area contributed by atoms with Crippen LogP contribution in [0.3, 0.4) is 0 Å². The summed E-state index contributed by atoms with van der Waals surface area (Å²) in [5.74, 6) is 7.46. The summed E-state index contributed by atoms with van der Waals surface area (Å²) in [4.78, 5) is 45.6. The largest absolute Gasteiger partial charge is 0.432 e. The van der Waals surface area contributed by atoms with Crippen LogP contribution in [-0.4, -0.2) is 46.2 Å². The molecule has 0 rings (SSSR count). The van der Waals surface area contributed by atoms with Gasteiger partial charge in [-0.2, -0.15) is 0 Å². The van der Waals surface area contributed by atoms with E-state index in [0.717, 1.165) is 0 Å². The van der Waals surface area contributed by atoms with E-state index < -0.39 is 36.2 Å². The third-order valence-electron chi connectivity index (χ3n) is 3.08. The highest BCUT2D eigenvalue weighted by atomic mass is 16.7. The highest BCUT2D eigenvalue weighted by Crippen LogP contribution is 2.03. The van der Waals surface area contributed by atoms with Gasteiger partial charge in [0.25, 0.3) is 0 Å². The van der Waals surface area contributed by atoms with Crippen molar-refractivity contribution in [3.63, 3.8) is 0 Å². The molecule has 0 spiro atoms. The van der Waals surface area contributed by atoms with Crippen LogP contribution in [0.5, 0.6) is 0 Å². The molecule has 2 atom stereocenters. The summed E-state index contributed by atoms with van der Waals surface area (Å²) in [6.45, 7) is 6.76. The Morgan fingerprint density at radius 1 is 0.818 bits per heavy atom. The minimum atomic E-state index is -1.66. The predicted molar refractivity (Wildman–Crippen MR) is 74.5 cm³/mol. The molecule has 0 aromatic rings. The Balaban J connectivity index is 4.53. The molecule has 0 aromatic carbocycles. The molecule has 0 aliphatic carbocycles. The van der Waals surface area contributed by atoms with Gasteiger partial charge in [-0.1, -0.05) is 13.8 Å². The van der Waals surface area contributed by atoms with E-state index in [1.165, 1.54) is 0 Å². The highest BCUT2D eigenvalue weighted by molar-refractivity contribution is 6.33. The average molecular weight is 318 g/mol. The minimum Gasteiger partial charge on any atom is -0.366 e. The molecule has 4 N–H and O–H groups in total. The molecule has 10 heteroatoms. The smallest absolute Gasteiger partial charge is 0.366 e. The predicted octanol–water partition coefficient (Wildman–Crippen LogP) is 0.261. The Kier molecular flexibility index (Phi) is 8.05. The van der Waals surface area contributed by atoms with Crippen molar-refractivity contribution < 1.29 is 28.7 Å². The molecule has 0 heterocycles. The zero-order valence-electron chi connectivity index (χ0n) is 13.1. The number of amides is 2. The lowest BCUT2D eigenvalue weighted by molar-refractivity contribution is -0.161. The molecule has 10 nitrogen and oxygen atoms in total. The fourth-order valence-electron chi connectivity index (χ4n) is 1.10. The first-order valence-corrected chi connectivity index (χ1v) is 6.75. The molecular weight excluding hydrogens is 296 g/mol. The van der Waals surface area contributed by atoms with Gasteiger partial charge in [0, 0.05) is 12.1 Å². The number of nitrogens with zero attached hydrogens (tertiary/aromatic N) is 2. The lowest BCUT2D eigenvalue weighted by Gasteiger charge is -2.22. The van der Waals surface area contributed by atoms with Crippen LogP contribution in [0.25, 0.3) is 0 Å². The number of hydrogen-bond acceptors (Lipinski definition) is 8. The summed E-state index contributed by atoms with van der Waals surface area (Å²) in [6.07, 6.45) is -1.43. The van der Waals surface area contributed by atoms with Crippen molar-refractivity contribution in [3.8, 4) is 0 Å². The van der Waals surface area contributed by atoms with Crippen molar-refractivity contribution in [3.05, 3.63) is 0 Å². The van der Waals surface area contributed by atoms with Crippen LogP contribution in [0, 0.1) is 0 Å². The van der Waals surface area contributed by atoms with E-state index in [2.05, 4.69) is 9.47 Å². The Bertz CT molecular complexity index is 401. The number of rotatable bonds is 4. The topological polar surface area (TPSA) is 145 Å². The SMILES string of the molecule is CCC(C)N(N)C(=O)OC(=O)C(=O)OC(=O)N(N)C(C)CC. The first kappa shape index (κ1) is 19.8. The lowest BCUT2D eigenvalue weighted by Crippen LogP contribution is -2.47. The van der Waals surface area contributed by atoms with E-state index in [1.807, 2.05) is 0 Å². The third-order valence-corrected chi connectivity index (χ3v) is 3.08. The average Bonchev–Trinajstić information content (AvgIpc) is 2.51. The Hall–Kier alpha value is -2.20. The van der Waals surface area contributed by atoms with Gasteiger partial charge in [0.1, 0.15) is 0 Å². The zero-order chi connectivity index (χ0) is 17.4. The van der Waals surface area contributed by atoms with Crippen molar-refractivity contribution in [1.82, 2.24) is 10.0 Å². The van der Waals surface area contributed by atoms with Crippen LogP contribution < -0.4 is 11.7 Å². The second-order valence-corrected chi connectivity index (χ2v) is 4.64. The molecule has 2 amide bonds. The fourth-order valence-corrected chi connectivity index (χ4v) is 1.10. The van der Waals surface area contributed by atoms with Crippen LogP contribution in [0.1, 0.15) is 40.5 Å². The zero-order valence-corrected chi connectivity index (χ0v) is 13.1. The molecule has 0 fully saturated rings. The van der Waals surface area contributed by atoms with Gasteiger partial charge < -0.3 is 9.47 Å². The van der Waals surface area contributed by atoms with Gasteiger partial charge in [0.2, 0.25) is 0 Å². The standard InChI is InChI=1S/C12H22N4O6/c1-5-7(3)15(13)11(19)21-9(17)10(18)22-12(20)16(14)8(4)6-2/h7-8H,5-6,13-14H2,1-4H3. The molecule has 0 aromatic heterocycles. The van der Waals surface area contributed by atoms with Gasteiger partial charge in [0.05, 0.1) is 0 Å². The Morgan fingerprint density at radius 2 is 1.09 bits per heavy atom. The summed E-state index contributed by atoms with van der Waals surface area (Å²) >= 11 is 0. The number of nitrogens with two attached hydrogens (primary N) is 2. The van der Waals surface area contributed by atoms with E-state index in [0.29, 0.717) is 22.9 Å². The van der Waals surface area contributed by atoms with Gasteiger partial charge >= 0.3 is 24.1 Å². The summed E-state index contributed by atoms with van der Waals surface area (Å²) < 4.78 is 8.40. The van der Waals surface area contributed by atoms with Crippen molar-refractivity contribution in [2.24, 2.45) is 11.7 Å². The van der Waals surface area contributed by atoms with Crippen molar-refractivity contribution in [1.29, 1.82) is 0 Å². The number of ether oxygens (including phenoxy) is 2. The van der Waals surface area contributed by atoms with Crippen LogP contribution in [0.4, 0.5) is 9.59 Å². The Morgan fingerprint density at radius 3 is 1.32 bits per heavy atom. The normalized spacial score (nSPS) is 12.8. The van der Waals surface area contributed by atoms with Crippen molar-refractivity contribution in [2.45, 2.75) is 52.6 Å². The number of hydrazine groups is 2. The van der Waals surface area contributed by atoms with E-state index in [9.17, 15) is 19.2 Å². The summed E-state index contributed by atoms with van der Waals surface area (Å²) in [5, 5.41) is 1.31. The van der Waals surface area contributed by atoms with Crippen LogP contribution in [0.2, 0.25) is 0 Å². The number of esters is 2. The molecule has 0 aliphatic rings. The second kappa shape index (κ2) is 8.95. The molecular formula is C12H22N4O6. The maximum atomic E-state index is 11.5. The fraction of sp³-hybridized carbons (Fsp3) is 0.667. The first-order valence-electron chi connectivity index (χ1n) is 6.75. The van der Waals surface area contributed by atoms with Crippen LogP contribution in [-0.2, 0) is 19.1 Å². The molecule has 0 radical (unpaired) electrons. The molecule has 126 valence electrons. The number of hydrogen-bond donors (Lipinski definition) is 2. The van der Waals surface area contributed by atoms with E-state index in [-0.39, 0.29) is 0 Å². The van der Waals surface area contributed by atoms with E-state index >= 15 is 0 Å². The van der Waals surface area contributed by atoms with Crippen molar-refractivity contribution in [2.75, 3.05) is 0 Å². The van der Waals surface area contributed by atoms with Crippen molar-refractivity contribution >= 4 is 24.1 Å². The van der Waals surface area contributed by atoms with Gasteiger partial charge in [-0.3, -0.25) is 0 Å². The molecule has 0 aliphatic heterocycles. The lowest BCUT2D eigenvalue weighted by atomic mass is 10.2. The molecule has 0 bridgehead atoms. The monoisotopic (exact) mass is 318 g/mol. The van der Waals surface area contributed by atoms with Gasteiger partial charge in [-0.15, -0.1) is 0 Å². The van der Waals surface area contributed by atoms with Gasteiger partial charge in [-0.25, -0.2) is 40.9 Å². The van der Waals surface area contributed by atoms with Gasteiger partial charge in [-0.05, 0) is 26.7 Å². The first-order chi connectivity index (χ1) is 10.1. The van der Waals surface area contributed by atoms with Gasteiger partial charge in [0.15, 0.2) is 0 Å². The summed E-state index contributed by atoms with van der Waals surface area (Å²) in [6, 6.07) is -0.800. The van der Waals surface area contributed by atoms with E-state index in [4.69, 9.17) is 11.7 Å². The maximum absolute atomic E-state index is 11.5. The molecule has 22 heavy (non-hydrogen) atoms. The Labute approximate surface area is 128 Å². The number of carbonyl (C=O) groups excluding carboxylic acids is 4.